The van der Waals surface area contributed by atoms with Crippen LogP contribution in [-0.2, 0) is 9.47 Å². The fraction of sp³-hybridized carbons (Fsp3) is 0.650. The summed E-state index contributed by atoms with van der Waals surface area (Å²) in [4.78, 5) is 32.1. The van der Waals surface area contributed by atoms with Crippen LogP contribution in [-0.4, -0.2) is 46.9 Å². The van der Waals surface area contributed by atoms with Gasteiger partial charge in [0.05, 0.1) is 6.04 Å². The highest BCUT2D eigenvalue weighted by Gasteiger charge is 2.33. The highest BCUT2D eigenvalue weighted by molar-refractivity contribution is 5.85. The van der Waals surface area contributed by atoms with Gasteiger partial charge in [0.2, 0.25) is 0 Å². The number of carbonyl (C=O) groups is 2. The summed E-state index contributed by atoms with van der Waals surface area (Å²) >= 11 is 0. The van der Waals surface area contributed by atoms with Crippen LogP contribution in [0.1, 0.15) is 66.0 Å². The maximum absolute atomic E-state index is 12.5. The molecule has 1 aliphatic heterocycles. The summed E-state index contributed by atoms with van der Waals surface area (Å²) in [5.41, 5.74) is -0.161. The summed E-state index contributed by atoms with van der Waals surface area (Å²) in [6.07, 6.45) is 2.73. The van der Waals surface area contributed by atoms with E-state index in [-0.39, 0.29) is 12.1 Å². The van der Waals surface area contributed by atoms with Gasteiger partial charge in [-0.25, -0.2) is 14.6 Å². The molecule has 0 radical (unpaired) electrons. The molecule has 2 heterocycles. The molecule has 27 heavy (non-hydrogen) atoms. The lowest BCUT2D eigenvalue weighted by atomic mass is 10.1. The predicted molar refractivity (Wildman–Crippen MR) is 104 cm³/mol. The third-order valence-electron chi connectivity index (χ3n) is 4.05. The summed E-state index contributed by atoms with van der Waals surface area (Å²) in [7, 11) is 1.62. The third-order valence-corrected chi connectivity index (χ3v) is 4.05. The van der Waals surface area contributed by atoms with E-state index in [1.807, 2.05) is 47.6 Å². The van der Waals surface area contributed by atoms with Gasteiger partial charge in [0, 0.05) is 19.8 Å². The summed E-state index contributed by atoms with van der Waals surface area (Å²) in [5, 5.41) is 0. The highest BCUT2D eigenvalue weighted by Crippen LogP contribution is 2.33. The summed E-state index contributed by atoms with van der Waals surface area (Å²) < 4.78 is 10.9. The Morgan fingerprint density at radius 1 is 1.11 bits per heavy atom. The molecule has 0 unspecified atom stereocenters. The first kappa shape index (κ1) is 21.0. The van der Waals surface area contributed by atoms with Crippen molar-refractivity contribution in [2.75, 3.05) is 18.5 Å². The Hall–Kier alpha value is -2.31. The number of nitrogens with zero attached hydrogens (tertiary/aromatic N) is 3. The lowest BCUT2D eigenvalue weighted by molar-refractivity contribution is 0.0224. The number of amides is 2. The standard InChI is InChI=1S/C20H31N3O4/c1-19(2,3)26-17(24)22(7)16-11-10-14(13-21-16)15-9-8-12-23(15)18(25)27-20(4,5)6/h10-11,13,15H,8-9,12H2,1-7H3/t15-/m0/s1. The quantitative estimate of drug-likeness (QED) is 0.757. The van der Waals surface area contributed by atoms with Crippen molar-refractivity contribution in [1.29, 1.82) is 0 Å². The number of pyridine rings is 1. The third kappa shape index (κ3) is 5.84. The summed E-state index contributed by atoms with van der Waals surface area (Å²) in [5.74, 6) is 0.495. The lowest BCUT2D eigenvalue weighted by Crippen LogP contribution is -2.36. The first-order valence-electron chi connectivity index (χ1n) is 9.30. The molecule has 0 spiro atoms. The number of aromatic nitrogens is 1. The number of anilines is 1. The van der Waals surface area contributed by atoms with Crippen LogP contribution in [0, 0.1) is 0 Å². The first-order valence-corrected chi connectivity index (χ1v) is 9.30. The van der Waals surface area contributed by atoms with Crippen LogP contribution < -0.4 is 4.90 Å². The van der Waals surface area contributed by atoms with Crippen molar-refractivity contribution >= 4 is 18.0 Å². The molecule has 2 rings (SSSR count). The number of likely N-dealkylation sites (tertiary alicyclic amines) is 1. The molecule has 1 fully saturated rings. The van der Waals surface area contributed by atoms with Crippen LogP contribution in [0.5, 0.6) is 0 Å². The van der Waals surface area contributed by atoms with Gasteiger partial charge in [-0.3, -0.25) is 4.90 Å². The second-order valence-corrected chi connectivity index (χ2v) is 8.82. The van der Waals surface area contributed by atoms with Gasteiger partial charge in [0.1, 0.15) is 17.0 Å². The van der Waals surface area contributed by atoms with Crippen molar-refractivity contribution in [2.45, 2.75) is 71.6 Å². The Bertz CT molecular complexity index is 674. The molecule has 1 saturated heterocycles. The van der Waals surface area contributed by atoms with E-state index in [9.17, 15) is 9.59 Å². The van der Waals surface area contributed by atoms with Crippen molar-refractivity contribution in [2.24, 2.45) is 0 Å². The van der Waals surface area contributed by atoms with Crippen LogP contribution >= 0.6 is 0 Å². The Kier molecular flexibility index (Phi) is 6.02. The average Bonchev–Trinajstić information content (AvgIpc) is 3.01. The fourth-order valence-corrected chi connectivity index (χ4v) is 2.87. The van der Waals surface area contributed by atoms with Gasteiger partial charge in [-0.15, -0.1) is 0 Å². The Morgan fingerprint density at radius 3 is 2.26 bits per heavy atom. The minimum atomic E-state index is -0.566. The van der Waals surface area contributed by atoms with Crippen molar-refractivity contribution < 1.29 is 19.1 Å². The molecule has 7 nitrogen and oxygen atoms in total. The summed E-state index contributed by atoms with van der Waals surface area (Å²) in [6, 6.07) is 3.61. The fourth-order valence-electron chi connectivity index (χ4n) is 2.87. The molecule has 2 amide bonds. The molecule has 1 aliphatic rings. The number of rotatable bonds is 2. The number of carbonyl (C=O) groups excluding carboxylic acids is 2. The van der Waals surface area contributed by atoms with Crippen LogP contribution in [0.4, 0.5) is 15.4 Å². The van der Waals surface area contributed by atoms with Gasteiger partial charge in [0.25, 0.3) is 0 Å². The SMILES string of the molecule is CN(C(=O)OC(C)(C)C)c1ccc([C@@H]2CCCN2C(=O)OC(C)(C)C)cn1. The van der Waals surface area contributed by atoms with E-state index < -0.39 is 17.3 Å². The zero-order chi connectivity index (χ0) is 20.4. The average molecular weight is 377 g/mol. The minimum absolute atomic E-state index is 0.0618. The van der Waals surface area contributed by atoms with Gasteiger partial charge in [-0.1, -0.05) is 6.07 Å². The molecule has 0 N–H and O–H groups in total. The number of hydrogen-bond acceptors (Lipinski definition) is 5. The van der Waals surface area contributed by atoms with E-state index in [0.717, 1.165) is 18.4 Å². The van der Waals surface area contributed by atoms with Crippen LogP contribution in [0.15, 0.2) is 18.3 Å². The van der Waals surface area contributed by atoms with E-state index in [1.54, 1.807) is 24.2 Å². The van der Waals surface area contributed by atoms with Crippen molar-refractivity contribution in [3.05, 3.63) is 23.9 Å². The molecule has 7 heteroatoms. The number of hydrogen-bond donors (Lipinski definition) is 0. The molecule has 0 aromatic carbocycles. The largest absolute Gasteiger partial charge is 0.444 e. The van der Waals surface area contributed by atoms with E-state index in [1.165, 1.54) is 4.90 Å². The predicted octanol–water partition coefficient (Wildman–Crippen LogP) is 4.52. The first-order chi connectivity index (χ1) is 12.4. The zero-order valence-corrected chi connectivity index (χ0v) is 17.4. The second-order valence-electron chi connectivity index (χ2n) is 8.82. The normalized spacial score (nSPS) is 17.6. The number of ether oxygens (including phenoxy) is 2. The van der Waals surface area contributed by atoms with Crippen molar-refractivity contribution in [3.8, 4) is 0 Å². The molecule has 150 valence electrons. The maximum atomic E-state index is 12.5. The van der Waals surface area contributed by atoms with Crippen LogP contribution in [0.25, 0.3) is 0 Å². The Morgan fingerprint density at radius 2 is 1.74 bits per heavy atom. The molecule has 1 aromatic rings. The molecule has 1 atom stereocenters. The Balaban J connectivity index is 2.09. The molecular weight excluding hydrogens is 346 g/mol. The molecule has 1 aromatic heterocycles. The van der Waals surface area contributed by atoms with Gasteiger partial charge in [0.15, 0.2) is 0 Å². The monoisotopic (exact) mass is 377 g/mol. The molecule has 0 bridgehead atoms. The second kappa shape index (κ2) is 7.74. The lowest BCUT2D eigenvalue weighted by Gasteiger charge is -2.29. The highest BCUT2D eigenvalue weighted by atomic mass is 16.6. The van der Waals surface area contributed by atoms with Gasteiger partial charge >= 0.3 is 12.2 Å². The zero-order valence-electron chi connectivity index (χ0n) is 17.4. The van der Waals surface area contributed by atoms with E-state index in [2.05, 4.69) is 4.98 Å². The van der Waals surface area contributed by atoms with E-state index in [4.69, 9.17) is 9.47 Å². The van der Waals surface area contributed by atoms with E-state index >= 15 is 0 Å². The minimum Gasteiger partial charge on any atom is -0.444 e. The maximum Gasteiger partial charge on any atom is 0.415 e. The summed E-state index contributed by atoms with van der Waals surface area (Å²) in [6.45, 7) is 11.7. The van der Waals surface area contributed by atoms with Crippen LogP contribution in [0.2, 0.25) is 0 Å². The van der Waals surface area contributed by atoms with Crippen molar-refractivity contribution in [1.82, 2.24) is 9.88 Å². The Labute approximate surface area is 161 Å². The van der Waals surface area contributed by atoms with Crippen LogP contribution in [0.3, 0.4) is 0 Å². The van der Waals surface area contributed by atoms with Gasteiger partial charge < -0.3 is 14.4 Å². The molecule has 0 saturated carbocycles. The topological polar surface area (TPSA) is 72.0 Å². The van der Waals surface area contributed by atoms with Crippen molar-refractivity contribution in [3.63, 3.8) is 0 Å². The molecule has 0 aliphatic carbocycles. The smallest absolute Gasteiger partial charge is 0.415 e. The molecular formula is C20H31N3O4. The van der Waals surface area contributed by atoms with Gasteiger partial charge in [-0.05, 0) is 66.0 Å². The van der Waals surface area contributed by atoms with E-state index in [0.29, 0.717) is 12.4 Å². The van der Waals surface area contributed by atoms with Gasteiger partial charge in [-0.2, -0.15) is 0 Å².